The molecule has 7 nitrogen and oxygen atoms in total. The van der Waals surface area contributed by atoms with E-state index in [2.05, 4.69) is 35.7 Å². The Bertz CT molecular complexity index is 828. The molecule has 0 atom stereocenters. The quantitative estimate of drug-likeness (QED) is 0.512. The minimum Gasteiger partial charge on any atom is -0.353 e. The van der Waals surface area contributed by atoms with Crippen LogP contribution in [0.1, 0.15) is 39.2 Å². The Morgan fingerprint density at radius 1 is 1.25 bits per heavy atom. The molecule has 1 aromatic carbocycles. The van der Waals surface area contributed by atoms with E-state index < -0.39 is 0 Å². The summed E-state index contributed by atoms with van der Waals surface area (Å²) in [6.45, 7) is 9.14. The molecule has 0 bridgehead atoms. The van der Waals surface area contributed by atoms with E-state index in [1.165, 1.54) is 0 Å². The van der Waals surface area contributed by atoms with Gasteiger partial charge in [0.2, 0.25) is 0 Å². The molecule has 0 N–H and O–H groups in total. The summed E-state index contributed by atoms with van der Waals surface area (Å²) in [4.78, 5) is 16.0. The molecule has 1 aromatic heterocycles. The van der Waals surface area contributed by atoms with Crippen LogP contribution >= 0.6 is 0 Å². The molecule has 0 aliphatic carbocycles. The van der Waals surface area contributed by atoms with Crippen LogP contribution in [0.15, 0.2) is 48.4 Å². The summed E-state index contributed by atoms with van der Waals surface area (Å²) < 4.78 is 1.78. The van der Waals surface area contributed by atoms with Gasteiger partial charge in [0.25, 0.3) is 5.70 Å². The molecule has 0 amide bonds. The number of para-hydroxylation sites is 1. The van der Waals surface area contributed by atoms with E-state index in [1.807, 2.05) is 36.5 Å². The fraction of sp³-hybridized carbons (Fsp3) is 0.476. The molecule has 0 saturated carbocycles. The monoisotopic (exact) mass is 383 g/mol. The van der Waals surface area contributed by atoms with E-state index >= 15 is 0 Å². The number of nitrogens with zero attached hydrogens (tertiary/aromatic N) is 5. The average Bonchev–Trinajstić information content (AvgIpc) is 3.15. The van der Waals surface area contributed by atoms with Crippen molar-refractivity contribution in [1.29, 1.82) is 0 Å². The SMILES string of the molecule is CCCCN1CN(CC(C)C)CC([N+](=O)[O-])=C1c1cnn(-c2ccccc2)c1. The number of hydrogen-bond acceptors (Lipinski definition) is 5. The Morgan fingerprint density at radius 2 is 2.00 bits per heavy atom. The molecule has 0 saturated heterocycles. The van der Waals surface area contributed by atoms with Crippen LogP contribution in [-0.4, -0.2) is 50.8 Å². The van der Waals surface area contributed by atoms with Crippen molar-refractivity contribution in [2.75, 3.05) is 26.3 Å². The number of nitro groups is 1. The first kappa shape index (κ1) is 20.1. The van der Waals surface area contributed by atoms with Gasteiger partial charge in [0.1, 0.15) is 5.70 Å². The summed E-state index contributed by atoms with van der Waals surface area (Å²) in [6, 6.07) is 9.81. The lowest BCUT2D eigenvalue weighted by atomic mass is 10.1. The van der Waals surface area contributed by atoms with Crippen molar-refractivity contribution in [2.24, 2.45) is 5.92 Å². The van der Waals surface area contributed by atoms with Gasteiger partial charge in [-0.1, -0.05) is 45.4 Å². The molecule has 0 fully saturated rings. The second kappa shape index (κ2) is 9.01. The lowest BCUT2D eigenvalue weighted by Gasteiger charge is -2.37. The summed E-state index contributed by atoms with van der Waals surface area (Å²) in [5.41, 5.74) is 2.71. The predicted octanol–water partition coefficient (Wildman–Crippen LogP) is 3.85. The molecule has 0 spiro atoms. The maximum absolute atomic E-state index is 11.9. The van der Waals surface area contributed by atoms with Gasteiger partial charge in [0.15, 0.2) is 0 Å². The zero-order chi connectivity index (χ0) is 20.1. The fourth-order valence-electron chi connectivity index (χ4n) is 3.66. The van der Waals surface area contributed by atoms with Gasteiger partial charge in [0, 0.05) is 24.8 Å². The smallest absolute Gasteiger partial charge is 0.283 e. The van der Waals surface area contributed by atoms with Crippen molar-refractivity contribution < 1.29 is 4.92 Å². The zero-order valence-corrected chi connectivity index (χ0v) is 16.9. The molecule has 28 heavy (non-hydrogen) atoms. The Hall–Kier alpha value is -2.67. The number of rotatable bonds is 8. The molecule has 1 aliphatic rings. The van der Waals surface area contributed by atoms with Gasteiger partial charge in [-0.25, -0.2) is 4.68 Å². The van der Waals surface area contributed by atoms with E-state index in [-0.39, 0.29) is 10.6 Å². The average molecular weight is 383 g/mol. The van der Waals surface area contributed by atoms with Gasteiger partial charge in [0.05, 0.1) is 30.0 Å². The topological polar surface area (TPSA) is 67.4 Å². The first-order valence-electron chi connectivity index (χ1n) is 9.95. The molecule has 2 aromatic rings. The highest BCUT2D eigenvalue weighted by molar-refractivity contribution is 5.66. The minimum absolute atomic E-state index is 0.222. The van der Waals surface area contributed by atoms with E-state index in [9.17, 15) is 10.1 Å². The van der Waals surface area contributed by atoms with Crippen LogP contribution < -0.4 is 0 Å². The van der Waals surface area contributed by atoms with Crippen molar-refractivity contribution in [1.82, 2.24) is 19.6 Å². The first-order chi connectivity index (χ1) is 13.5. The van der Waals surface area contributed by atoms with Crippen LogP contribution in [0, 0.1) is 16.0 Å². The third-order valence-electron chi connectivity index (χ3n) is 4.84. The molecule has 7 heteroatoms. The van der Waals surface area contributed by atoms with Crippen LogP contribution in [0.25, 0.3) is 11.4 Å². The summed E-state index contributed by atoms with van der Waals surface area (Å²) in [6.07, 6.45) is 5.68. The van der Waals surface area contributed by atoms with E-state index in [1.54, 1.807) is 10.9 Å². The molecule has 0 unspecified atom stereocenters. The number of aromatic nitrogens is 2. The van der Waals surface area contributed by atoms with E-state index in [4.69, 9.17) is 0 Å². The maximum atomic E-state index is 11.9. The van der Waals surface area contributed by atoms with Crippen molar-refractivity contribution in [3.05, 3.63) is 64.1 Å². The number of unbranched alkanes of at least 4 members (excludes halogenated alkanes) is 1. The largest absolute Gasteiger partial charge is 0.353 e. The highest BCUT2D eigenvalue weighted by Crippen LogP contribution is 2.29. The second-order valence-corrected chi connectivity index (χ2v) is 7.73. The van der Waals surface area contributed by atoms with Crippen LogP contribution in [-0.2, 0) is 0 Å². The van der Waals surface area contributed by atoms with Crippen LogP contribution in [0.2, 0.25) is 0 Å². The highest BCUT2D eigenvalue weighted by atomic mass is 16.6. The number of benzene rings is 1. The molecule has 150 valence electrons. The lowest BCUT2D eigenvalue weighted by Crippen LogP contribution is -2.46. The standard InChI is InChI=1S/C21H29N5O2/c1-4-5-11-24-16-23(13-17(2)3)15-20(26(27)28)21(24)18-12-22-25(14-18)19-9-7-6-8-10-19/h6-10,12,14,17H,4-5,11,13,15-16H2,1-3H3. The van der Waals surface area contributed by atoms with Crippen LogP contribution in [0.3, 0.4) is 0 Å². The Kier molecular flexibility index (Phi) is 6.46. The zero-order valence-electron chi connectivity index (χ0n) is 16.9. The highest BCUT2D eigenvalue weighted by Gasteiger charge is 2.33. The van der Waals surface area contributed by atoms with E-state index in [0.717, 1.165) is 37.2 Å². The summed E-state index contributed by atoms with van der Waals surface area (Å²) >= 11 is 0. The maximum Gasteiger partial charge on any atom is 0.283 e. The normalized spacial score (nSPS) is 15.5. The summed E-state index contributed by atoms with van der Waals surface area (Å²) in [5, 5.41) is 16.4. The van der Waals surface area contributed by atoms with Gasteiger partial charge in [-0.15, -0.1) is 0 Å². The molecular formula is C21H29N5O2. The van der Waals surface area contributed by atoms with Gasteiger partial charge in [-0.3, -0.25) is 15.0 Å². The van der Waals surface area contributed by atoms with Gasteiger partial charge in [-0.2, -0.15) is 5.10 Å². The van der Waals surface area contributed by atoms with E-state index in [0.29, 0.717) is 24.8 Å². The van der Waals surface area contributed by atoms with Crippen molar-refractivity contribution >= 4 is 5.70 Å². The summed E-state index contributed by atoms with van der Waals surface area (Å²) in [5.74, 6) is 0.461. The van der Waals surface area contributed by atoms with Crippen LogP contribution in [0.4, 0.5) is 0 Å². The third kappa shape index (κ3) is 4.59. The molecule has 3 rings (SSSR count). The van der Waals surface area contributed by atoms with Gasteiger partial charge < -0.3 is 4.90 Å². The van der Waals surface area contributed by atoms with Crippen molar-refractivity contribution in [3.63, 3.8) is 0 Å². The molecule has 2 heterocycles. The predicted molar refractivity (Wildman–Crippen MR) is 110 cm³/mol. The fourth-order valence-corrected chi connectivity index (χ4v) is 3.66. The van der Waals surface area contributed by atoms with Gasteiger partial charge >= 0.3 is 0 Å². The molecule has 0 radical (unpaired) electrons. The first-order valence-corrected chi connectivity index (χ1v) is 9.95. The second-order valence-electron chi connectivity index (χ2n) is 7.73. The van der Waals surface area contributed by atoms with Gasteiger partial charge in [-0.05, 0) is 24.5 Å². The number of hydrogen-bond donors (Lipinski definition) is 0. The Morgan fingerprint density at radius 3 is 2.64 bits per heavy atom. The Labute approximate surface area is 166 Å². The van der Waals surface area contributed by atoms with Crippen molar-refractivity contribution in [3.8, 4) is 5.69 Å². The molecule has 1 aliphatic heterocycles. The van der Waals surface area contributed by atoms with Crippen LogP contribution in [0.5, 0.6) is 0 Å². The lowest BCUT2D eigenvalue weighted by molar-refractivity contribution is -0.429. The Balaban J connectivity index is 1.99. The minimum atomic E-state index is -0.222. The summed E-state index contributed by atoms with van der Waals surface area (Å²) in [7, 11) is 0. The third-order valence-corrected chi connectivity index (χ3v) is 4.84. The van der Waals surface area contributed by atoms with Crippen molar-refractivity contribution in [2.45, 2.75) is 33.6 Å². The molecular weight excluding hydrogens is 354 g/mol.